The van der Waals surface area contributed by atoms with Gasteiger partial charge < -0.3 is 80.4 Å². The van der Waals surface area contributed by atoms with E-state index in [4.69, 9.17) is 142 Å². The fourth-order valence-corrected chi connectivity index (χ4v) is 9.53. The molecule has 0 bridgehead atoms. The number of unbranched alkanes of at least 4 members (excludes halogenated alkanes) is 7. The first-order valence-corrected chi connectivity index (χ1v) is 39.7. The van der Waals surface area contributed by atoms with Crippen LogP contribution in [0.15, 0.2) is 38.0 Å². The van der Waals surface area contributed by atoms with E-state index in [-0.39, 0.29) is 97.1 Å². The maximum Gasteiger partial charge on any atom is 0.410 e. The maximum absolute atomic E-state index is 13.4. The summed E-state index contributed by atoms with van der Waals surface area (Å²) in [5.74, 6) is -4.99. The lowest BCUT2D eigenvalue weighted by atomic mass is 10.1. The van der Waals surface area contributed by atoms with Crippen molar-refractivity contribution >= 4 is 194 Å². The zero-order valence-electron chi connectivity index (χ0n) is 65.5. The molecule has 0 fully saturated rings. The molecule has 0 aliphatic heterocycles. The Balaban J connectivity index is 5.79. The number of hydrogen-bond acceptors (Lipinski definition) is 23. The van der Waals surface area contributed by atoms with Gasteiger partial charge in [0.2, 0.25) is 52.7 Å². The van der Waals surface area contributed by atoms with Gasteiger partial charge in [-0.1, -0.05) is 174 Å². The van der Waals surface area contributed by atoms with E-state index in [1.807, 2.05) is 20.8 Å². The summed E-state index contributed by atoms with van der Waals surface area (Å²) in [4.78, 5) is 200. The van der Waals surface area contributed by atoms with Gasteiger partial charge in [-0.3, -0.25) is 67.8 Å². The Morgan fingerprint density at radius 3 is 0.774 bits per heavy atom. The van der Waals surface area contributed by atoms with Crippen molar-refractivity contribution in [3.8, 4) is 0 Å². The number of ether oxygens (including phenoxy) is 8. The summed E-state index contributed by atoms with van der Waals surface area (Å²) in [6.45, 7) is 10.4. The number of hydrogen-bond donors (Lipinski definition) is 8. The molecule has 0 radical (unpaired) electrons. The second kappa shape index (κ2) is 59.2. The molecule has 0 atom stereocenters. The third-order valence-corrected chi connectivity index (χ3v) is 15.1. The van der Waals surface area contributed by atoms with E-state index in [1.54, 1.807) is 20.8 Å². The Kier molecular flexibility index (Phi) is 55.3. The highest BCUT2D eigenvalue weighted by Gasteiger charge is 2.31. The Hall–Kier alpha value is -7.52. The van der Waals surface area contributed by atoms with Crippen molar-refractivity contribution in [3.63, 3.8) is 0 Å². The number of halogens is 9. The summed E-state index contributed by atoms with van der Waals surface area (Å²) < 4.78 is 35.0. The molecule has 14 amide bonds. The van der Waals surface area contributed by atoms with Gasteiger partial charge in [0.25, 0.3) is 0 Å². The van der Waals surface area contributed by atoms with Crippen molar-refractivity contribution in [1.82, 2.24) is 71.9 Å². The molecule has 0 aliphatic rings. The molecule has 0 aliphatic carbocycles. The van der Waals surface area contributed by atoms with E-state index >= 15 is 0 Å². The van der Waals surface area contributed by atoms with Crippen LogP contribution in [0, 0.1) is 0 Å². The summed E-state index contributed by atoms with van der Waals surface area (Å²) in [7, 11) is 0. The normalized spacial score (nSPS) is 11.3. The number of alkyl carbamates (subject to hydrolysis) is 1. The molecule has 115 heavy (non-hydrogen) atoms. The minimum Gasteiger partial charge on any atom is -0.460 e. The summed E-state index contributed by atoms with van der Waals surface area (Å²) in [5.41, 5.74) is -1.35. The molecule has 0 aromatic rings. The molecule has 0 saturated carbocycles. The van der Waals surface area contributed by atoms with Crippen molar-refractivity contribution in [2.75, 3.05) is 171 Å². The first-order valence-electron chi connectivity index (χ1n) is 36.3. The van der Waals surface area contributed by atoms with E-state index < -0.39 is 179 Å². The average molecular weight is 1820 g/mol. The third-order valence-electron chi connectivity index (χ3n) is 14.1. The Bertz CT molecular complexity index is 3120. The summed E-state index contributed by atoms with van der Waals surface area (Å²) >= 11 is 52.0. The predicted octanol–water partition coefficient (Wildman–Crippen LogP) is 7.26. The molecule has 0 unspecified atom stereocenters. The molecule has 0 saturated heterocycles. The van der Waals surface area contributed by atoms with Gasteiger partial charge in [-0.15, -0.1) is 0 Å². The van der Waals surface area contributed by atoms with Gasteiger partial charge in [0.15, 0.2) is 0 Å². The molecule has 0 aromatic carbocycles. The van der Waals surface area contributed by atoms with Gasteiger partial charge >= 0.3 is 48.6 Å². The van der Waals surface area contributed by atoms with Gasteiger partial charge in [0, 0.05) is 104 Å². The van der Waals surface area contributed by atoms with Gasteiger partial charge in [-0.25, -0.2) is 33.6 Å². The van der Waals surface area contributed by atoms with Crippen LogP contribution in [0.3, 0.4) is 0 Å². The van der Waals surface area contributed by atoms with Crippen LogP contribution < -0.4 is 42.5 Å². The Morgan fingerprint density at radius 1 is 0.287 bits per heavy atom. The van der Waals surface area contributed by atoms with E-state index in [1.165, 1.54) is 18.2 Å². The zero-order valence-corrected chi connectivity index (χ0v) is 72.3. The quantitative estimate of drug-likeness (QED) is 0.00976. The Labute approximate surface area is 715 Å². The first-order chi connectivity index (χ1) is 53.7. The summed E-state index contributed by atoms with van der Waals surface area (Å²) in [6.07, 6.45) is 4.09. The number of carbonyl (C=O) groups is 15. The smallest absolute Gasteiger partial charge is 0.410 e. The molecule has 46 heteroatoms. The van der Waals surface area contributed by atoms with Crippen LogP contribution in [0.25, 0.3) is 0 Å². The van der Waals surface area contributed by atoms with Gasteiger partial charge in [-0.05, 0) is 67.2 Å². The molecule has 37 nitrogen and oxygen atoms in total. The molecule has 0 aromatic heterocycles. The topological polar surface area (TPSA) is 446 Å². The van der Waals surface area contributed by atoms with Crippen LogP contribution in [0.5, 0.6) is 0 Å². The lowest BCUT2D eigenvalue weighted by Crippen LogP contribution is -2.49. The van der Waals surface area contributed by atoms with Crippen LogP contribution in [0.1, 0.15) is 112 Å². The van der Waals surface area contributed by atoms with Crippen molar-refractivity contribution in [1.29, 1.82) is 0 Å². The second-order valence-corrected chi connectivity index (χ2v) is 34.3. The fraction of sp³-hybridized carbons (Fsp3) is 0.696. The highest BCUT2D eigenvalue weighted by atomic mass is 35.6. The number of amides is 14. The molecule has 0 rings (SSSR count). The van der Waals surface area contributed by atoms with E-state index in [2.05, 4.69) is 62.3 Å². The van der Waals surface area contributed by atoms with Crippen molar-refractivity contribution < 1.29 is 110 Å². The fourth-order valence-electron chi connectivity index (χ4n) is 9.04. The minimum atomic E-state index is -2.11. The zero-order chi connectivity index (χ0) is 87.2. The number of nitrogens with zero attached hydrogens (tertiary/aromatic N) is 6. The van der Waals surface area contributed by atoms with Gasteiger partial charge in [0.1, 0.15) is 90.1 Å². The first kappa shape index (κ1) is 107. The SMILES string of the molecule is C=CCOC(=O)N(CCNC(=O)CN(CCNC(=O)CN(CCNC(=O)CN(CCNC(=O)OC(C)(C)C)C(=O)OCC(Cl)(Cl)Cl)C(=O)OCC=C)C(=O)OCC(Cl)(Cl)Cl)CC(=O)NCCN(CC(=O)NCCN(CC(=O)NCCCCCCC(=O)NCCCCCCCC(=O)OC(C)(C)C)C(=O)OCC(Cl)(Cl)Cl)C(=O)OCC=C. The van der Waals surface area contributed by atoms with E-state index in [0.717, 1.165) is 61.5 Å². The van der Waals surface area contributed by atoms with Crippen molar-refractivity contribution in [2.45, 2.75) is 135 Å². The Morgan fingerprint density at radius 2 is 0.513 bits per heavy atom. The molecular weight excluding hydrogens is 1710 g/mol. The number of esters is 1. The summed E-state index contributed by atoms with van der Waals surface area (Å²) in [5, 5.41) is 20.5. The largest absolute Gasteiger partial charge is 0.460 e. The van der Waals surface area contributed by atoms with Crippen LogP contribution in [-0.4, -0.2) is 312 Å². The van der Waals surface area contributed by atoms with E-state index in [9.17, 15) is 71.9 Å². The van der Waals surface area contributed by atoms with Gasteiger partial charge in [0.05, 0.1) is 0 Å². The van der Waals surface area contributed by atoms with Crippen LogP contribution in [0.4, 0.5) is 33.6 Å². The lowest BCUT2D eigenvalue weighted by Gasteiger charge is -2.25. The minimum absolute atomic E-state index is 0.0586. The monoisotopic (exact) mass is 1820 g/mol. The van der Waals surface area contributed by atoms with Gasteiger partial charge in [-0.2, -0.15) is 0 Å². The highest BCUT2D eigenvalue weighted by molar-refractivity contribution is 6.68. The second-order valence-electron chi connectivity index (χ2n) is 26.8. The lowest BCUT2D eigenvalue weighted by molar-refractivity contribution is -0.155. The van der Waals surface area contributed by atoms with Crippen LogP contribution in [0.2, 0.25) is 0 Å². The molecule has 656 valence electrons. The highest BCUT2D eigenvalue weighted by Crippen LogP contribution is 2.28. The predicted molar refractivity (Wildman–Crippen MR) is 431 cm³/mol. The number of carbonyl (C=O) groups excluding carboxylic acids is 15. The number of nitrogens with one attached hydrogen (secondary N) is 8. The van der Waals surface area contributed by atoms with E-state index in [0.29, 0.717) is 45.1 Å². The van der Waals surface area contributed by atoms with Crippen LogP contribution >= 0.6 is 104 Å². The van der Waals surface area contributed by atoms with Crippen molar-refractivity contribution in [2.24, 2.45) is 0 Å². The number of alkyl halides is 9. The molecule has 0 spiro atoms. The molecule has 8 N–H and O–H groups in total. The average Bonchev–Trinajstić information content (AvgIpc) is 0.876. The summed E-state index contributed by atoms with van der Waals surface area (Å²) in [6, 6.07) is 0. The van der Waals surface area contributed by atoms with Crippen molar-refractivity contribution in [3.05, 3.63) is 38.0 Å². The standard InChI is InChI=1S/C69H109Cl9N14O23/c1-10-38-108-59(102)87(43-53(96)84-29-35-90(62(105)111-47-67(70,71)72)41-51(94)80-25-21-17-15-18-22-50(93)79-24-20-16-13-14-19-23-57(100)114-65(4,5)6)32-26-81-52(95)42-88(60(103)109-39-11-2)33-27-82-55(98)45-91(63(106)112-48-68(73,74)75)36-30-85-54(97)44-89(61(104)110-40-12-3)34-28-83-56(99)46-92(64(107)113-49-69(76,77)78)37-31-86-58(101)115-66(7,8)9/h10-12H,1-3,13-49H2,4-9H3,(H,79,93)(H,80,94)(H,81,95)(H,82,98)(H,83,99)(H,84,96)(H,85,97)(H,86,101). The molecule has 0 heterocycles. The van der Waals surface area contributed by atoms with Crippen LogP contribution in [-0.2, 0) is 76.3 Å². The third kappa shape index (κ3) is 61.5. The number of rotatable bonds is 54. The molecular formula is C69H109Cl9N14O23. The maximum atomic E-state index is 13.4.